The Bertz CT molecular complexity index is 1290. The van der Waals surface area contributed by atoms with Crippen molar-refractivity contribution in [1.82, 2.24) is 19.7 Å². The molecule has 0 radical (unpaired) electrons. The summed E-state index contributed by atoms with van der Waals surface area (Å²) in [7, 11) is -1.83. The summed E-state index contributed by atoms with van der Waals surface area (Å²) < 4.78 is 40.1. The molecule has 2 aromatic heterocycles. The van der Waals surface area contributed by atoms with Gasteiger partial charge in [-0.05, 0) is 25.0 Å². The van der Waals surface area contributed by atoms with Crippen molar-refractivity contribution in [2.24, 2.45) is 0 Å². The van der Waals surface area contributed by atoms with Crippen molar-refractivity contribution in [1.29, 1.82) is 0 Å². The van der Waals surface area contributed by atoms with Crippen molar-refractivity contribution in [3.05, 3.63) is 35.6 Å². The molecule has 0 amide bonds. The van der Waals surface area contributed by atoms with Crippen molar-refractivity contribution in [3.63, 3.8) is 0 Å². The minimum atomic E-state index is -3.37. The highest BCUT2D eigenvalue weighted by atomic mass is 35.5. The Labute approximate surface area is 203 Å². The molecule has 1 aromatic carbocycles. The molecule has 3 aromatic rings. The maximum Gasteiger partial charge on any atom is 0.235 e. The Morgan fingerprint density at radius 1 is 1.24 bits per heavy atom. The number of nitrogens with one attached hydrogen (secondary N) is 2. The summed E-state index contributed by atoms with van der Waals surface area (Å²) in [5.74, 6) is 1.17. The van der Waals surface area contributed by atoms with Crippen LogP contribution in [-0.4, -0.2) is 79.8 Å². The lowest BCUT2D eigenvalue weighted by atomic mass is 10.2. The number of methoxy groups -OCH3 is 1. The van der Waals surface area contributed by atoms with Gasteiger partial charge in [-0.25, -0.2) is 18.1 Å². The van der Waals surface area contributed by atoms with Gasteiger partial charge in [0.2, 0.25) is 10.0 Å². The summed E-state index contributed by atoms with van der Waals surface area (Å²) in [5, 5.41) is 9.06. The highest BCUT2D eigenvalue weighted by molar-refractivity contribution is 7.93. The average Bonchev–Trinajstić information content (AvgIpc) is 3.64. The number of anilines is 2. The molecule has 3 heterocycles. The lowest BCUT2D eigenvalue weighted by Crippen LogP contribution is -2.39. The summed E-state index contributed by atoms with van der Waals surface area (Å²) in [6.07, 6.45) is 3.09. The molecule has 12 heteroatoms. The van der Waals surface area contributed by atoms with E-state index >= 15 is 0 Å². The van der Waals surface area contributed by atoms with E-state index in [-0.39, 0.29) is 5.25 Å². The summed E-state index contributed by atoms with van der Waals surface area (Å²) in [6, 6.07) is 6.90. The summed E-state index contributed by atoms with van der Waals surface area (Å²) >= 11 is 6.20. The zero-order valence-electron chi connectivity index (χ0n) is 18.8. The van der Waals surface area contributed by atoms with Crippen LogP contribution in [0.3, 0.4) is 0 Å². The molecule has 2 aliphatic rings. The number of halogens is 1. The number of ether oxygens (including phenoxy) is 2. The second kappa shape index (κ2) is 9.57. The molecule has 10 nitrogen and oxygen atoms in total. The van der Waals surface area contributed by atoms with Crippen LogP contribution in [0.5, 0.6) is 5.75 Å². The van der Waals surface area contributed by atoms with E-state index in [0.717, 1.165) is 43.8 Å². The highest BCUT2D eigenvalue weighted by Gasteiger charge is 2.35. The number of hydrogen-bond acceptors (Lipinski definition) is 8. The zero-order chi connectivity index (χ0) is 23.7. The number of fused-ring (bicyclic) bond motifs is 1. The van der Waals surface area contributed by atoms with E-state index in [0.29, 0.717) is 47.5 Å². The molecule has 1 saturated heterocycles. The lowest BCUT2D eigenvalue weighted by Gasteiger charge is -2.26. The Morgan fingerprint density at radius 2 is 2.03 bits per heavy atom. The average molecular weight is 507 g/mol. The van der Waals surface area contributed by atoms with Gasteiger partial charge in [0.1, 0.15) is 16.6 Å². The first-order valence-corrected chi connectivity index (χ1v) is 13.2. The van der Waals surface area contributed by atoms with Gasteiger partial charge in [-0.15, -0.1) is 5.10 Å². The Morgan fingerprint density at radius 3 is 2.76 bits per heavy atom. The van der Waals surface area contributed by atoms with Crippen molar-refractivity contribution in [3.8, 4) is 11.4 Å². The van der Waals surface area contributed by atoms with E-state index < -0.39 is 10.0 Å². The maximum absolute atomic E-state index is 12.3. The highest BCUT2D eigenvalue weighted by Crippen LogP contribution is 2.34. The predicted octanol–water partition coefficient (Wildman–Crippen LogP) is 2.73. The van der Waals surface area contributed by atoms with Crippen molar-refractivity contribution in [2.75, 3.05) is 56.5 Å². The van der Waals surface area contributed by atoms with Gasteiger partial charge in [0, 0.05) is 44.5 Å². The predicted molar refractivity (Wildman–Crippen MR) is 132 cm³/mol. The Kier molecular flexibility index (Phi) is 6.52. The standard InChI is InChI=1S/C22H27ClN6O4S/c1-32-20-12-15(27-34(30,31)16-3-4-16)2-5-18(20)29-19-13-21(23)25-14-17(19)22(26-29)24-6-7-28-8-10-33-11-9-28/h2,5,12-14,16,27H,3-4,6-11H2,1H3,(H,24,26). The van der Waals surface area contributed by atoms with Gasteiger partial charge in [0.25, 0.3) is 0 Å². The molecule has 5 rings (SSSR count). The topological polar surface area (TPSA) is 111 Å². The van der Waals surface area contributed by atoms with Crippen LogP contribution in [0.1, 0.15) is 12.8 Å². The lowest BCUT2D eigenvalue weighted by molar-refractivity contribution is 0.0398. The number of morpholine rings is 1. The monoisotopic (exact) mass is 506 g/mol. The number of sulfonamides is 1. The molecular formula is C22H27ClN6O4S. The van der Waals surface area contributed by atoms with Gasteiger partial charge >= 0.3 is 0 Å². The number of benzene rings is 1. The number of rotatable bonds is 9. The first-order valence-electron chi connectivity index (χ1n) is 11.2. The van der Waals surface area contributed by atoms with E-state index in [1.54, 1.807) is 42.3 Å². The van der Waals surface area contributed by atoms with Gasteiger partial charge in [-0.1, -0.05) is 11.6 Å². The van der Waals surface area contributed by atoms with Gasteiger partial charge in [0.15, 0.2) is 5.82 Å². The third kappa shape index (κ3) is 4.92. The van der Waals surface area contributed by atoms with E-state index in [4.69, 9.17) is 26.2 Å². The van der Waals surface area contributed by atoms with Gasteiger partial charge < -0.3 is 14.8 Å². The molecule has 0 spiro atoms. The van der Waals surface area contributed by atoms with Crippen LogP contribution in [0, 0.1) is 0 Å². The molecule has 1 saturated carbocycles. The third-order valence-electron chi connectivity index (χ3n) is 5.99. The molecule has 2 fully saturated rings. The van der Waals surface area contributed by atoms with Crippen LogP contribution in [-0.2, 0) is 14.8 Å². The SMILES string of the molecule is COc1cc(NS(=O)(=O)C2CC2)ccc1-n1nc(NCCN2CCOCC2)c2cnc(Cl)cc21. The van der Waals surface area contributed by atoms with Crippen LogP contribution < -0.4 is 14.8 Å². The minimum absolute atomic E-state index is 0.311. The second-order valence-electron chi connectivity index (χ2n) is 8.40. The zero-order valence-corrected chi connectivity index (χ0v) is 20.4. The van der Waals surface area contributed by atoms with E-state index in [1.165, 1.54) is 0 Å². The molecule has 0 unspecified atom stereocenters. The molecule has 182 valence electrons. The summed E-state index contributed by atoms with van der Waals surface area (Å²) in [6.45, 7) is 4.94. The number of nitrogens with zero attached hydrogens (tertiary/aromatic N) is 4. The van der Waals surface area contributed by atoms with E-state index in [9.17, 15) is 8.42 Å². The van der Waals surface area contributed by atoms with Gasteiger partial charge in [0.05, 0.1) is 42.2 Å². The fraction of sp³-hybridized carbons (Fsp3) is 0.455. The Hall–Kier alpha value is -2.60. The van der Waals surface area contributed by atoms with E-state index in [2.05, 4.69) is 19.9 Å². The first-order chi connectivity index (χ1) is 16.4. The normalized spacial score (nSPS) is 17.1. The quantitative estimate of drug-likeness (QED) is 0.426. The third-order valence-corrected chi connectivity index (χ3v) is 8.06. The van der Waals surface area contributed by atoms with Gasteiger partial charge in [-0.2, -0.15) is 0 Å². The molecule has 1 aliphatic carbocycles. The molecule has 2 N–H and O–H groups in total. The van der Waals surface area contributed by atoms with Crippen LogP contribution in [0.2, 0.25) is 5.15 Å². The molecular weight excluding hydrogens is 480 g/mol. The fourth-order valence-corrected chi connectivity index (χ4v) is 5.53. The van der Waals surface area contributed by atoms with Crippen molar-refractivity contribution in [2.45, 2.75) is 18.1 Å². The maximum atomic E-state index is 12.3. The number of pyridine rings is 1. The van der Waals surface area contributed by atoms with Gasteiger partial charge in [-0.3, -0.25) is 9.62 Å². The first kappa shape index (κ1) is 23.2. The number of aromatic nitrogens is 3. The summed E-state index contributed by atoms with van der Waals surface area (Å²) in [4.78, 5) is 6.57. The minimum Gasteiger partial charge on any atom is -0.494 e. The van der Waals surface area contributed by atoms with Crippen LogP contribution >= 0.6 is 11.6 Å². The van der Waals surface area contributed by atoms with Crippen LogP contribution in [0.15, 0.2) is 30.5 Å². The van der Waals surface area contributed by atoms with Crippen molar-refractivity contribution < 1.29 is 17.9 Å². The fourth-order valence-electron chi connectivity index (χ4n) is 4.00. The second-order valence-corrected chi connectivity index (χ2v) is 10.7. The van der Waals surface area contributed by atoms with E-state index in [1.807, 2.05) is 0 Å². The van der Waals surface area contributed by atoms with Crippen LogP contribution in [0.25, 0.3) is 16.6 Å². The molecule has 0 atom stereocenters. The Balaban J connectivity index is 1.43. The number of hydrogen-bond donors (Lipinski definition) is 2. The summed E-state index contributed by atoms with van der Waals surface area (Å²) in [5.41, 5.74) is 1.87. The largest absolute Gasteiger partial charge is 0.494 e. The van der Waals surface area contributed by atoms with Crippen LogP contribution in [0.4, 0.5) is 11.5 Å². The molecule has 1 aliphatic heterocycles. The molecule has 0 bridgehead atoms. The smallest absolute Gasteiger partial charge is 0.235 e. The molecule has 34 heavy (non-hydrogen) atoms. The van der Waals surface area contributed by atoms with Crippen molar-refractivity contribution >= 4 is 44.0 Å².